The van der Waals surface area contributed by atoms with Crippen LogP contribution in [0.5, 0.6) is 5.75 Å². The van der Waals surface area contributed by atoms with Crippen LogP contribution in [-0.2, 0) is 11.2 Å². The van der Waals surface area contributed by atoms with Gasteiger partial charge >= 0.3 is 5.97 Å². The number of rotatable bonds is 9. The second-order valence-electron chi connectivity index (χ2n) is 5.75. The van der Waals surface area contributed by atoms with E-state index in [-0.39, 0.29) is 12.4 Å². The van der Waals surface area contributed by atoms with Crippen LogP contribution >= 0.6 is 0 Å². The maximum Gasteiger partial charge on any atom is 0.335 e. The molecule has 0 aliphatic rings. The standard InChI is InChI=1S/C19H26O4/c1-14(2)6-5-7-15(3)8-9-16-12-17(19(20)21)10-11-18(16)23-13-22-4/h6,8,10-12H,5,7,9,13H2,1-4H3,(H,20,21)/b15-8+. The van der Waals surface area contributed by atoms with Gasteiger partial charge in [0.2, 0.25) is 0 Å². The lowest BCUT2D eigenvalue weighted by atomic mass is 10.0. The summed E-state index contributed by atoms with van der Waals surface area (Å²) in [5.74, 6) is -0.279. The predicted molar refractivity (Wildman–Crippen MR) is 92.0 cm³/mol. The third-order valence-electron chi connectivity index (χ3n) is 3.40. The summed E-state index contributed by atoms with van der Waals surface area (Å²) in [6.45, 7) is 6.42. The number of carboxylic acids is 1. The predicted octanol–water partition coefficient (Wildman–Crippen LogP) is 4.60. The summed E-state index contributed by atoms with van der Waals surface area (Å²) in [4.78, 5) is 11.1. The molecule has 4 nitrogen and oxygen atoms in total. The van der Waals surface area contributed by atoms with E-state index in [0.29, 0.717) is 12.2 Å². The lowest BCUT2D eigenvalue weighted by Crippen LogP contribution is -2.04. The summed E-state index contributed by atoms with van der Waals surface area (Å²) in [5, 5.41) is 9.13. The summed E-state index contributed by atoms with van der Waals surface area (Å²) in [6, 6.07) is 4.89. The van der Waals surface area contributed by atoms with Crippen molar-refractivity contribution in [2.45, 2.75) is 40.0 Å². The van der Waals surface area contributed by atoms with Gasteiger partial charge in [-0.2, -0.15) is 0 Å². The topological polar surface area (TPSA) is 55.8 Å². The summed E-state index contributed by atoms with van der Waals surface area (Å²) >= 11 is 0. The lowest BCUT2D eigenvalue weighted by Gasteiger charge is -2.11. The molecular formula is C19H26O4. The molecule has 23 heavy (non-hydrogen) atoms. The molecule has 126 valence electrons. The van der Waals surface area contributed by atoms with Crippen LogP contribution in [0.2, 0.25) is 0 Å². The number of aromatic carboxylic acids is 1. The zero-order valence-electron chi connectivity index (χ0n) is 14.4. The van der Waals surface area contributed by atoms with E-state index in [1.165, 1.54) is 11.1 Å². The Kier molecular flexibility index (Phi) is 8.13. The summed E-state index contributed by atoms with van der Waals surface area (Å²) in [6.07, 6.45) is 7.00. The maximum absolute atomic E-state index is 11.1. The van der Waals surface area contributed by atoms with Gasteiger partial charge in [0, 0.05) is 7.11 Å². The zero-order chi connectivity index (χ0) is 17.2. The first-order valence-electron chi connectivity index (χ1n) is 7.71. The van der Waals surface area contributed by atoms with Crippen molar-refractivity contribution in [2.24, 2.45) is 0 Å². The molecule has 0 atom stereocenters. The number of hydrogen-bond acceptors (Lipinski definition) is 3. The smallest absolute Gasteiger partial charge is 0.335 e. The van der Waals surface area contributed by atoms with E-state index >= 15 is 0 Å². The fourth-order valence-corrected chi connectivity index (χ4v) is 2.11. The largest absolute Gasteiger partial charge is 0.478 e. The molecule has 0 heterocycles. The molecule has 0 aliphatic carbocycles. The Balaban J connectivity index is 2.84. The molecular weight excluding hydrogens is 292 g/mol. The van der Waals surface area contributed by atoms with Crippen molar-refractivity contribution in [1.29, 1.82) is 0 Å². The third kappa shape index (κ3) is 7.15. The monoisotopic (exact) mass is 318 g/mol. The first kappa shape index (κ1) is 19.0. The Labute approximate surface area is 138 Å². The van der Waals surface area contributed by atoms with Crippen molar-refractivity contribution in [3.8, 4) is 5.75 Å². The minimum atomic E-state index is -0.936. The number of allylic oxidation sites excluding steroid dienone is 4. The van der Waals surface area contributed by atoms with Gasteiger partial charge < -0.3 is 14.6 Å². The van der Waals surface area contributed by atoms with Crippen molar-refractivity contribution in [2.75, 3.05) is 13.9 Å². The van der Waals surface area contributed by atoms with Crippen molar-refractivity contribution in [1.82, 2.24) is 0 Å². The summed E-state index contributed by atoms with van der Waals surface area (Å²) in [5.41, 5.74) is 3.71. The molecule has 0 fully saturated rings. The minimum Gasteiger partial charge on any atom is -0.478 e. The molecule has 1 aromatic carbocycles. The van der Waals surface area contributed by atoms with Crippen molar-refractivity contribution < 1.29 is 19.4 Å². The maximum atomic E-state index is 11.1. The highest BCUT2D eigenvalue weighted by molar-refractivity contribution is 5.88. The minimum absolute atomic E-state index is 0.142. The zero-order valence-corrected chi connectivity index (χ0v) is 14.4. The molecule has 0 saturated heterocycles. The third-order valence-corrected chi connectivity index (χ3v) is 3.40. The first-order valence-corrected chi connectivity index (χ1v) is 7.71. The molecule has 0 saturated carbocycles. The Morgan fingerprint density at radius 1 is 1.22 bits per heavy atom. The van der Waals surface area contributed by atoms with Crippen LogP contribution in [0.25, 0.3) is 0 Å². The van der Waals surface area contributed by atoms with Crippen LogP contribution in [0.15, 0.2) is 41.5 Å². The van der Waals surface area contributed by atoms with Gasteiger partial charge in [-0.15, -0.1) is 0 Å². The van der Waals surface area contributed by atoms with E-state index < -0.39 is 5.97 Å². The average molecular weight is 318 g/mol. The highest BCUT2D eigenvalue weighted by atomic mass is 16.7. The van der Waals surface area contributed by atoms with Gasteiger partial charge in [0.1, 0.15) is 5.75 Å². The molecule has 0 aliphatic heterocycles. The van der Waals surface area contributed by atoms with E-state index in [1.54, 1.807) is 25.3 Å². The molecule has 0 bridgehead atoms. The van der Waals surface area contributed by atoms with Crippen LogP contribution in [0.3, 0.4) is 0 Å². The van der Waals surface area contributed by atoms with E-state index in [0.717, 1.165) is 18.4 Å². The molecule has 0 unspecified atom stereocenters. The summed E-state index contributed by atoms with van der Waals surface area (Å²) < 4.78 is 10.4. The van der Waals surface area contributed by atoms with Gasteiger partial charge in [0.25, 0.3) is 0 Å². The van der Waals surface area contributed by atoms with Crippen molar-refractivity contribution >= 4 is 5.97 Å². The average Bonchev–Trinajstić information content (AvgIpc) is 2.50. The van der Waals surface area contributed by atoms with Crippen LogP contribution in [-0.4, -0.2) is 25.0 Å². The molecule has 0 aromatic heterocycles. The van der Waals surface area contributed by atoms with Gasteiger partial charge in [-0.05, 0) is 63.8 Å². The number of carbonyl (C=O) groups is 1. The second-order valence-corrected chi connectivity index (χ2v) is 5.75. The highest BCUT2D eigenvalue weighted by Crippen LogP contribution is 2.22. The van der Waals surface area contributed by atoms with Crippen LogP contribution in [0.4, 0.5) is 0 Å². The number of methoxy groups -OCH3 is 1. The molecule has 1 N–H and O–H groups in total. The molecule has 0 spiro atoms. The molecule has 0 amide bonds. The molecule has 1 rings (SSSR count). The van der Waals surface area contributed by atoms with Crippen LogP contribution < -0.4 is 4.74 Å². The SMILES string of the molecule is COCOc1ccc(C(=O)O)cc1C/C=C(\C)CCC=C(C)C. The molecule has 4 heteroatoms. The summed E-state index contributed by atoms with van der Waals surface area (Å²) in [7, 11) is 1.55. The Morgan fingerprint density at radius 2 is 1.96 bits per heavy atom. The normalized spacial score (nSPS) is 11.2. The van der Waals surface area contributed by atoms with E-state index in [4.69, 9.17) is 14.6 Å². The van der Waals surface area contributed by atoms with E-state index in [2.05, 4.69) is 32.9 Å². The van der Waals surface area contributed by atoms with E-state index in [1.807, 2.05) is 0 Å². The van der Waals surface area contributed by atoms with Crippen molar-refractivity contribution in [3.05, 3.63) is 52.6 Å². The number of carboxylic acid groups (broad SMARTS) is 1. The van der Waals surface area contributed by atoms with Gasteiger partial charge in [-0.3, -0.25) is 0 Å². The van der Waals surface area contributed by atoms with Gasteiger partial charge in [0.05, 0.1) is 5.56 Å². The van der Waals surface area contributed by atoms with Crippen molar-refractivity contribution in [3.63, 3.8) is 0 Å². The fourth-order valence-electron chi connectivity index (χ4n) is 2.11. The number of benzene rings is 1. The highest BCUT2D eigenvalue weighted by Gasteiger charge is 2.09. The van der Waals surface area contributed by atoms with Crippen LogP contribution in [0, 0.1) is 0 Å². The Bertz CT molecular complexity index is 581. The van der Waals surface area contributed by atoms with Gasteiger partial charge in [0.15, 0.2) is 6.79 Å². The number of hydrogen-bond donors (Lipinski definition) is 1. The second kappa shape index (κ2) is 9.85. The molecule has 0 radical (unpaired) electrons. The first-order chi connectivity index (χ1) is 10.9. The Morgan fingerprint density at radius 3 is 2.57 bits per heavy atom. The van der Waals surface area contributed by atoms with Gasteiger partial charge in [-0.25, -0.2) is 4.79 Å². The number of ether oxygens (including phenoxy) is 2. The van der Waals surface area contributed by atoms with E-state index in [9.17, 15) is 4.79 Å². The lowest BCUT2D eigenvalue weighted by molar-refractivity contribution is 0.0505. The van der Waals surface area contributed by atoms with Crippen LogP contribution in [0.1, 0.15) is 49.5 Å². The van der Waals surface area contributed by atoms with Gasteiger partial charge in [-0.1, -0.05) is 23.3 Å². The molecule has 1 aromatic rings. The quantitative estimate of drug-likeness (QED) is 0.534. The fraction of sp³-hybridized carbons (Fsp3) is 0.421. The Hall–Kier alpha value is -2.07.